The Morgan fingerprint density at radius 2 is 2.41 bits per heavy atom. The maximum atomic E-state index is 10.9. The predicted molar refractivity (Wildman–Crippen MR) is 67.3 cm³/mol. The van der Waals surface area contributed by atoms with Gasteiger partial charge in [0.25, 0.3) is 0 Å². The second-order valence-electron chi connectivity index (χ2n) is 4.02. The Morgan fingerprint density at radius 1 is 1.59 bits per heavy atom. The van der Waals surface area contributed by atoms with Crippen LogP contribution in [0.4, 0.5) is 5.69 Å². The number of rotatable bonds is 4. The number of hydrogen-bond acceptors (Lipinski definition) is 4. The maximum absolute atomic E-state index is 10.9. The van der Waals surface area contributed by atoms with Crippen LogP contribution in [0.3, 0.4) is 0 Å². The first-order chi connectivity index (χ1) is 8.18. The lowest BCUT2D eigenvalue weighted by molar-refractivity contribution is -0.386. The molecule has 1 aromatic carbocycles. The van der Waals surface area contributed by atoms with Crippen LogP contribution < -0.4 is 10.1 Å². The molecule has 1 saturated heterocycles. The van der Waals surface area contributed by atoms with Gasteiger partial charge in [0.1, 0.15) is 0 Å². The van der Waals surface area contributed by atoms with Crippen LogP contribution in [0.5, 0.6) is 5.75 Å². The summed E-state index contributed by atoms with van der Waals surface area (Å²) < 4.78 is 6.21. The third kappa shape index (κ3) is 2.95. The zero-order chi connectivity index (χ0) is 12.3. The SMILES string of the molecule is O=[N+]([O-])c1cccc(Br)c1OCC1CCNC1. The van der Waals surface area contributed by atoms with Crippen molar-refractivity contribution in [3.63, 3.8) is 0 Å². The van der Waals surface area contributed by atoms with Gasteiger partial charge in [0.2, 0.25) is 5.75 Å². The van der Waals surface area contributed by atoms with Crippen LogP contribution in [0.15, 0.2) is 22.7 Å². The Morgan fingerprint density at radius 3 is 3.06 bits per heavy atom. The number of nitro benzene ring substituents is 1. The van der Waals surface area contributed by atoms with Gasteiger partial charge in [0.15, 0.2) is 0 Å². The van der Waals surface area contributed by atoms with E-state index in [2.05, 4.69) is 21.2 Å². The number of para-hydroxylation sites is 1. The molecule has 1 unspecified atom stereocenters. The first-order valence-electron chi connectivity index (χ1n) is 5.45. The molecule has 1 aliphatic heterocycles. The minimum atomic E-state index is -0.424. The zero-order valence-corrected chi connectivity index (χ0v) is 10.8. The van der Waals surface area contributed by atoms with Gasteiger partial charge in [0, 0.05) is 18.5 Å². The van der Waals surface area contributed by atoms with Gasteiger partial charge in [-0.2, -0.15) is 0 Å². The molecule has 1 atom stereocenters. The molecule has 1 heterocycles. The molecule has 6 heteroatoms. The van der Waals surface area contributed by atoms with Crippen molar-refractivity contribution in [1.82, 2.24) is 5.32 Å². The van der Waals surface area contributed by atoms with Crippen molar-refractivity contribution >= 4 is 21.6 Å². The molecule has 1 N–H and O–H groups in total. The van der Waals surface area contributed by atoms with Gasteiger partial charge in [-0.25, -0.2) is 0 Å². The second kappa shape index (κ2) is 5.46. The van der Waals surface area contributed by atoms with E-state index in [4.69, 9.17) is 4.74 Å². The number of nitro groups is 1. The monoisotopic (exact) mass is 300 g/mol. The Hall–Kier alpha value is -1.14. The van der Waals surface area contributed by atoms with Crippen LogP contribution in [-0.2, 0) is 0 Å². The Bertz CT molecular complexity index is 419. The van der Waals surface area contributed by atoms with Crippen LogP contribution in [0.2, 0.25) is 0 Å². The van der Waals surface area contributed by atoms with Crippen LogP contribution in [0, 0.1) is 16.0 Å². The van der Waals surface area contributed by atoms with E-state index in [-0.39, 0.29) is 5.69 Å². The number of nitrogens with zero attached hydrogens (tertiary/aromatic N) is 1. The molecular formula is C11H13BrN2O3. The van der Waals surface area contributed by atoms with Gasteiger partial charge in [-0.15, -0.1) is 0 Å². The van der Waals surface area contributed by atoms with E-state index in [1.165, 1.54) is 6.07 Å². The van der Waals surface area contributed by atoms with Gasteiger partial charge in [0.05, 0.1) is 16.0 Å². The van der Waals surface area contributed by atoms with E-state index in [1.807, 2.05) is 0 Å². The van der Waals surface area contributed by atoms with E-state index in [0.29, 0.717) is 22.7 Å². The van der Waals surface area contributed by atoms with Crippen LogP contribution >= 0.6 is 15.9 Å². The summed E-state index contributed by atoms with van der Waals surface area (Å²) in [6.45, 7) is 2.42. The number of nitrogens with one attached hydrogen (secondary N) is 1. The Balaban J connectivity index is 2.10. The second-order valence-corrected chi connectivity index (χ2v) is 4.87. The normalized spacial score (nSPS) is 19.2. The number of ether oxygens (including phenoxy) is 1. The van der Waals surface area contributed by atoms with E-state index in [1.54, 1.807) is 12.1 Å². The summed E-state index contributed by atoms with van der Waals surface area (Å²) in [6, 6.07) is 4.83. The van der Waals surface area contributed by atoms with E-state index in [9.17, 15) is 10.1 Å². The molecule has 0 saturated carbocycles. The molecule has 0 radical (unpaired) electrons. The first kappa shape index (κ1) is 12.3. The predicted octanol–water partition coefficient (Wildman–Crippen LogP) is 2.35. The highest BCUT2D eigenvalue weighted by molar-refractivity contribution is 9.10. The first-order valence-corrected chi connectivity index (χ1v) is 6.24. The van der Waals surface area contributed by atoms with Crippen LogP contribution in [-0.4, -0.2) is 24.6 Å². The molecule has 0 bridgehead atoms. The lowest BCUT2D eigenvalue weighted by Crippen LogP contribution is -2.16. The van der Waals surface area contributed by atoms with Crippen molar-refractivity contribution in [2.45, 2.75) is 6.42 Å². The summed E-state index contributed by atoms with van der Waals surface area (Å²) in [5.41, 5.74) is 0.00494. The van der Waals surface area contributed by atoms with E-state index < -0.39 is 4.92 Å². The average Bonchev–Trinajstić information content (AvgIpc) is 2.80. The van der Waals surface area contributed by atoms with Gasteiger partial charge in [-0.1, -0.05) is 6.07 Å². The highest BCUT2D eigenvalue weighted by atomic mass is 79.9. The summed E-state index contributed by atoms with van der Waals surface area (Å²) >= 11 is 3.28. The standard InChI is InChI=1S/C11H13BrN2O3/c12-9-2-1-3-10(14(15)16)11(9)17-7-8-4-5-13-6-8/h1-3,8,13H,4-7H2. The third-order valence-electron chi connectivity index (χ3n) is 2.77. The molecule has 1 fully saturated rings. The van der Waals surface area contributed by atoms with Crippen LogP contribution in [0.25, 0.3) is 0 Å². The van der Waals surface area contributed by atoms with Crippen molar-refractivity contribution in [2.75, 3.05) is 19.7 Å². The van der Waals surface area contributed by atoms with Crippen molar-refractivity contribution in [3.8, 4) is 5.75 Å². The van der Waals surface area contributed by atoms with Crippen molar-refractivity contribution in [1.29, 1.82) is 0 Å². The van der Waals surface area contributed by atoms with Crippen molar-refractivity contribution in [3.05, 3.63) is 32.8 Å². The molecule has 0 spiro atoms. The quantitative estimate of drug-likeness (QED) is 0.685. The average molecular weight is 301 g/mol. The molecule has 0 amide bonds. The molecule has 5 nitrogen and oxygen atoms in total. The molecule has 2 rings (SSSR count). The Labute approximate surface area is 107 Å². The summed E-state index contributed by atoms with van der Waals surface area (Å²) in [6.07, 6.45) is 1.05. The molecule has 92 valence electrons. The fraction of sp³-hybridized carbons (Fsp3) is 0.455. The van der Waals surface area contributed by atoms with E-state index >= 15 is 0 Å². The smallest absolute Gasteiger partial charge is 0.312 e. The lowest BCUT2D eigenvalue weighted by Gasteiger charge is -2.12. The number of hydrogen-bond donors (Lipinski definition) is 1. The molecule has 0 aromatic heterocycles. The fourth-order valence-electron chi connectivity index (χ4n) is 1.84. The Kier molecular flexibility index (Phi) is 3.96. The number of benzene rings is 1. The topological polar surface area (TPSA) is 64.4 Å². The molecule has 1 aliphatic rings. The highest BCUT2D eigenvalue weighted by Crippen LogP contribution is 2.35. The molecule has 17 heavy (non-hydrogen) atoms. The molecule has 1 aromatic rings. The summed E-state index contributed by atoms with van der Waals surface area (Å²) in [5.74, 6) is 0.756. The fourth-order valence-corrected chi connectivity index (χ4v) is 2.31. The molecular weight excluding hydrogens is 288 g/mol. The van der Waals surface area contributed by atoms with Gasteiger partial charge >= 0.3 is 5.69 Å². The van der Waals surface area contributed by atoms with Crippen molar-refractivity contribution in [2.24, 2.45) is 5.92 Å². The highest BCUT2D eigenvalue weighted by Gasteiger charge is 2.21. The van der Waals surface area contributed by atoms with Crippen LogP contribution in [0.1, 0.15) is 6.42 Å². The minimum Gasteiger partial charge on any atom is -0.486 e. The van der Waals surface area contributed by atoms with Crippen molar-refractivity contribution < 1.29 is 9.66 Å². The molecule has 0 aliphatic carbocycles. The summed E-state index contributed by atoms with van der Waals surface area (Å²) in [7, 11) is 0. The van der Waals surface area contributed by atoms with Gasteiger partial charge in [-0.05, 0) is 35.0 Å². The summed E-state index contributed by atoms with van der Waals surface area (Å²) in [4.78, 5) is 10.4. The number of halogens is 1. The lowest BCUT2D eigenvalue weighted by atomic mass is 10.1. The van der Waals surface area contributed by atoms with Gasteiger partial charge in [-0.3, -0.25) is 10.1 Å². The van der Waals surface area contributed by atoms with Gasteiger partial charge < -0.3 is 10.1 Å². The van der Waals surface area contributed by atoms with E-state index in [0.717, 1.165) is 19.5 Å². The largest absolute Gasteiger partial charge is 0.486 e. The maximum Gasteiger partial charge on any atom is 0.312 e. The summed E-state index contributed by atoms with van der Waals surface area (Å²) in [5, 5.41) is 14.1. The zero-order valence-electron chi connectivity index (χ0n) is 9.19. The third-order valence-corrected chi connectivity index (χ3v) is 3.39. The minimum absolute atomic E-state index is 0.00494.